The lowest BCUT2D eigenvalue weighted by Gasteiger charge is -2.11. The van der Waals surface area contributed by atoms with E-state index in [0.29, 0.717) is 0 Å². The Balaban J connectivity index is 2.67. The molecule has 4 nitrogen and oxygen atoms in total. The lowest BCUT2D eigenvalue weighted by Crippen LogP contribution is -2.15. The van der Waals surface area contributed by atoms with Gasteiger partial charge >= 0.3 is 12.1 Å². The minimum Gasteiger partial charge on any atom is -0.466 e. The molecule has 17 heavy (non-hydrogen) atoms. The van der Waals surface area contributed by atoms with Gasteiger partial charge in [-0.2, -0.15) is 18.3 Å². The van der Waals surface area contributed by atoms with Crippen molar-refractivity contribution in [2.75, 3.05) is 6.61 Å². The molecule has 0 bridgehead atoms. The van der Waals surface area contributed by atoms with E-state index < -0.39 is 23.9 Å². The highest BCUT2D eigenvalue weighted by Gasteiger charge is 2.33. The molecule has 1 atom stereocenters. The van der Waals surface area contributed by atoms with Crippen molar-refractivity contribution < 1.29 is 22.7 Å². The number of aromatic nitrogens is 2. The fraction of sp³-hybridized carbons (Fsp3) is 0.600. The number of carbonyl (C=O) groups is 1. The van der Waals surface area contributed by atoms with E-state index in [1.807, 2.05) is 0 Å². The van der Waals surface area contributed by atoms with Crippen LogP contribution in [0.25, 0.3) is 0 Å². The van der Waals surface area contributed by atoms with Gasteiger partial charge in [0.1, 0.15) is 0 Å². The second kappa shape index (κ2) is 5.20. The molecule has 0 saturated heterocycles. The third kappa shape index (κ3) is 3.76. The minimum atomic E-state index is -4.46. The summed E-state index contributed by atoms with van der Waals surface area (Å²) in [4.78, 5) is 11.1. The zero-order valence-electron chi connectivity index (χ0n) is 9.49. The van der Waals surface area contributed by atoms with Gasteiger partial charge in [0.05, 0.1) is 19.1 Å². The molecule has 0 amide bonds. The smallest absolute Gasteiger partial charge is 0.435 e. The van der Waals surface area contributed by atoms with E-state index in [9.17, 15) is 18.0 Å². The summed E-state index contributed by atoms with van der Waals surface area (Å²) in [7, 11) is 0. The van der Waals surface area contributed by atoms with Gasteiger partial charge in [0.2, 0.25) is 0 Å². The van der Waals surface area contributed by atoms with Gasteiger partial charge in [-0.25, -0.2) is 0 Å². The van der Waals surface area contributed by atoms with E-state index in [2.05, 4.69) is 5.10 Å². The number of halogens is 3. The second-order valence-corrected chi connectivity index (χ2v) is 3.54. The molecule has 0 aromatic carbocycles. The van der Waals surface area contributed by atoms with E-state index in [1.54, 1.807) is 13.8 Å². The molecule has 0 aliphatic carbocycles. The van der Waals surface area contributed by atoms with E-state index in [-0.39, 0.29) is 13.0 Å². The van der Waals surface area contributed by atoms with Crippen LogP contribution in [-0.4, -0.2) is 22.4 Å². The van der Waals surface area contributed by atoms with Crippen molar-refractivity contribution >= 4 is 5.97 Å². The Morgan fingerprint density at radius 3 is 2.71 bits per heavy atom. The van der Waals surface area contributed by atoms with Gasteiger partial charge in [-0.1, -0.05) is 0 Å². The van der Waals surface area contributed by atoms with Crippen LogP contribution in [0.3, 0.4) is 0 Å². The van der Waals surface area contributed by atoms with Crippen LogP contribution >= 0.6 is 0 Å². The quantitative estimate of drug-likeness (QED) is 0.771. The first-order valence-electron chi connectivity index (χ1n) is 5.12. The topological polar surface area (TPSA) is 44.1 Å². The van der Waals surface area contributed by atoms with Gasteiger partial charge in [0.25, 0.3) is 0 Å². The molecule has 0 spiro atoms. The fourth-order valence-electron chi connectivity index (χ4n) is 1.29. The lowest BCUT2D eigenvalue weighted by molar-refractivity contribution is -0.144. The van der Waals surface area contributed by atoms with Gasteiger partial charge in [0, 0.05) is 6.20 Å². The summed E-state index contributed by atoms with van der Waals surface area (Å²) in [6, 6.07) is 0.409. The Morgan fingerprint density at radius 1 is 1.59 bits per heavy atom. The fourth-order valence-corrected chi connectivity index (χ4v) is 1.29. The SMILES string of the molecule is CCOC(=O)C[C@@H](C)n1ccc(C(F)(F)F)n1. The van der Waals surface area contributed by atoms with E-state index in [4.69, 9.17) is 4.74 Å². The maximum Gasteiger partial charge on any atom is 0.435 e. The standard InChI is InChI=1S/C10H13F3N2O2/c1-3-17-9(16)6-7(2)15-5-4-8(14-15)10(11,12)13/h4-5,7H,3,6H2,1-2H3/t7-/m1/s1. The molecule has 0 aliphatic heterocycles. The largest absolute Gasteiger partial charge is 0.466 e. The van der Waals surface area contributed by atoms with Crippen molar-refractivity contribution in [2.45, 2.75) is 32.5 Å². The molecular formula is C10H13F3N2O2. The number of nitrogens with zero attached hydrogens (tertiary/aromatic N) is 2. The first kappa shape index (κ1) is 13.5. The summed E-state index contributed by atoms with van der Waals surface area (Å²) < 4.78 is 42.7. The maximum atomic E-state index is 12.3. The van der Waals surface area contributed by atoms with Crippen LogP contribution in [0, 0.1) is 0 Å². The van der Waals surface area contributed by atoms with Crippen LogP contribution in [0.2, 0.25) is 0 Å². The molecule has 1 rings (SSSR count). The normalized spacial score (nSPS) is 13.5. The summed E-state index contributed by atoms with van der Waals surface area (Å²) >= 11 is 0. The van der Waals surface area contributed by atoms with Crippen molar-refractivity contribution in [3.63, 3.8) is 0 Å². The number of hydrogen-bond acceptors (Lipinski definition) is 3. The number of ether oxygens (including phenoxy) is 1. The second-order valence-electron chi connectivity index (χ2n) is 3.54. The molecule has 0 radical (unpaired) electrons. The van der Waals surface area contributed by atoms with E-state index in [1.165, 1.54) is 6.20 Å². The van der Waals surface area contributed by atoms with Crippen LogP contribution in [-0.2, 0) is 15.7 Å². The molecule has 0 N–H and O–H groups in total. The summed E-state index contributed by atoms with van der Waals surface area (Å²) in [5.41, 5.74) is -0.965. The van der Waals surface area contributed by atoms with Crippen molar-refractivity contribution in [3.05, 3.63) is 18.0 Å². The van der Waals surface area contributed by atoms with Gasteiger partial charge in [-0.05, 0) is 19.9 Å². The highest BCUT2D eigenvalue weighted by Crippen LogP contribution is 2.28. The summed E-state index contributed by atoms with van der Waals surface area (Å²) in [5.74, 6) is -0.455. The molecule has 0 saturated carbocycles. The third-order valence-corrected chi connectivity index (χ3v) is 2.12. The highest BCUT2D eigenvalue weighted by molar-refractivity contribution is 5.69. The van der Waals surface area contributed by atoms with Crippen molar-refractivity contribution in [1.82, 2.24) is 9.78 Å². The van der Waals surface area contributed by atoms with Crippen LogP contribution < -0.4 is 0 Å². The molecule has 0 aliphatic rings. The minimum absolute atomic E-state index is 0.00713. The van der Waals surface area contributed by atoms with E-state index >= 15 is 0 Å². The third-order valence-electron chi connectivity index (χ3n) is 2.12. The summed E-state index contributed by atoms with van der Waals surface area (Å²) in [6.45, 7) is 3.51. The van der Waals surface area contributed by atoms with E-state index in [0.717, 1.165) is 10.7 Å². The van der Waals surface area contributed by atoms with Crippen molar-refractivity contribution in [2.24, 2.45) is 0 Å². The average Bonchev–Trinajstić information content (AvgIpc) is 2.65. The number of carbonyl (C=O) groups excluding carboxylic acids is 1. The zero-order chi connectivity index (χ0) is 13.1. The monoisotopic (exact) mass is 250 g/mol. The number of esters is 1. The zero-order valence-corrected chi connectivity index (χ0v) is 9.49. The molecule has 1 aromatic rings. The van der Waals surface area contributed by atoms with Gasteiger partial charge in [-0.3, -0.25) is 9.48 Å². The summed E-state index contributed by atoms with van der Waals surface area (Å²) in [6.07, 6.45) is -3.27. The molecule has 7 heteroatoms. The maximum absolute atomic E-state index is 12.3. The lowest BCUT2D eigenvalue weighted by atomic mass is 10.2. The van der Waals surface area contributed by atoms with Crippen LogP contribution in [0.1, 0.15) is 32.0 Å². The molecule has 96 valence electrons. The molecule has 1 heterocycles. The Bertz CT molecular complexity index is 387. The predicted octanol–water partition coefficient (Wildman–Crippen LogP) is 2.42. The molecule has 0 fully saturated rings. The number of rotatable bonds is 4. The average molecular weight is 250 g/mol. The van der Waals surface area contributed by atoms with Crippen LogP contribution in [0.15, 0.2) is 12.3 Å². The van der Waals surface area contributed by atoms with Crippen LogP contribution in [0.4, 0.5) is 13.2 Å². The van der Waals surface area contributed by atoms with Crippen LogP contribution in [0.5, 0.6) is 0 Å². The first-order valence-corrected chi connectivity index (χ1v) is 5.12. The Kier molecular flexibility index (Phi) is 4.14. The Labute approximate surface area is 96.4 Å². The predicted molar refractivity (Wildman–Crippen MR) is 53.2 cm³/mol. The first-order chi connectivity index (χ1) is 7.84. The van der Waals surface area contributed by atoms with Gasteiger partial charge in [0.15, 0.2) is 5.69 Å². The Morgan fingerprint density at radius 2 is 2.24 bits per heavy atom. The van der Waals surface area contributed by atoms with Crippen molar-refractivity contribution in [1.29, 1.82) is 0 Å². The number of hydrogen-bond donors (Lipinski definition) is 0. The molecular weight excluding hydrogens is 237 g/mol. The van der Waals surface area contributed by atoms with Crippen molar-refractivity contribution in [3.8, 4) is 0 Å². The molecule has 0 unspecified atom stereocenters. The summed E-state index contributed by atoms with van der Waals surface area (Å²) in [5, 5.41) is 3.38. The number of alkyl halides is 3. The van der Waals surface area contributed by atoms with Gasteiger partial charge in [-0.15, -0.1) is 0 Å². The Hall–Kier alpha value is -1.53. The van der Waals surface area contributed by atoms with Gasteiger partial charge < -0.3 is 4.74 Å². The highest BCUT2D eigenvalue weighted by atomic mass is 19.4. The molecule has 1 aromatic heterocycles.